The van der Waals surface area contributed by atoms with Crippen LogP contribution in [0.5, 0.6) is 0 Å². The van der Waals surface area contributed by atoms with Crippen LogP contribution in [0.1, 0.15) is 31.4 Å². The smallest absolute Gasteiger partial charge is 0.0339 e. The lowest BCUT2D eigenvalue weighted by atomic mass is 10.0. The van der Waals surface area contributed by atoms with Gasteiger partial charge in [-0.2, -0.15) is 0 Å². The number of fused-ring (bicyclic) bond motifs is 1. The maximum Gasteiger partial charge on any atom is 0.0339 e. The maximum atomic E-state index is 3.65. The highest BCUT2D eigenvalue weighted by atomic mass is 32.2. The van der Waals surface area contributed by atoms with Crippen LogP contribution in [0.4, 0.5) is 0 Å². The highest BCUT2D eigenvalue weighted by molar-refractivity contribution is 7.99. The van der Waals surface area contributed by atoms with E-state index in [0.717, 1.165) is 13.0 Å². The van der Waals surface area contributed by atoms with Crippen LogP contribution in [0.15, 0.2) is 41.3 Å². The molecule has 0 aliphatic carbocycles. The van der Waals surface area contributed by atoms with E-state index in [2.05, 4.69) is 48.7 Å². The molecule has 1 N–H and O–H groups in total. The van der Waals surface area contributed by atoms with Crippen molar-refractivity contribution >= 4 is 11.8 Å². The summed E-state index contributed by atoms with van der Waals surface area (Å²) < 4.78 is 0. The molecule has 0 fully saturated rings. The van der Waals surface area contributed by atoms with Crippen molar-refractivity contribution < 1.29 is 0 Å². The van der Waals surface area contributed by atoms with Gasteiger partial charge in [-0.3, -0.25) is 0 Å². The van der Waals surface area contributed by atoms with Gasteiger partial charge in [-0.05, 0) is 43.7 Å². The molecule has 1 aromatic rings. The van der Waals surface area contributed by atoms with E-state index in [4.69, 9.17) is 0 Å². The lowest BCUT2D eigenvalue weighted by Crippen LogP contribution is -2.25. The van der Waals surface area contributed by atoms with Gasteiger partial charge in [0, 0.05) is 10.9 Å². The fourth-order valence-corrected chi connectivity index (χ4v) is 3.19. The van der Waals surface area contributed by atoms with Crippen molar-refractivity contribution in [3.63, 3.8) is 0 Å². The van der Waals surface area contributed by atoms with Crippen molar-refractivity contribution in [2.45, 2.75) is 30.7 Å². The topological polar surface area (TPSA) is 12.0 Å². The molecule has 1 aliphatic heterocycles. The molecule has 2 heteroatoms. The Labute approximate surface area is 102 Å². The standard InChI is InChI=1S/C14H19NS/c1-2-3-6-10-15-13-9-11-16-14-8-5-4-7-12(13)14/h2-5,7-8,13,15H,6,9-11H2,1H3/b3-2+. The van der Waals surface area contributed by atoms with Gasteiger partial charge in [0.1, 0.15) is 0 Å². The second kappa shape index (κ2) is 6.12. The fourth-order valence-electron chi connectivity index (χ4n) is 2.06. The molecule has 16 heavy (non-hydrogen) atoms. The molecule has 0 saturated carbocycles. The van der Waals surface area contributed by atoms with Gasteiger partial charge in [-0.1, -0.05) is 30.4 Å². The molecule has 0 radical (unpaired) electrons. The second-order valence-electron chi connectivity index (χ2n) is 4.04. The van der Waals surface area contributed by atoms with Crippen LogP contribution >= 0.6 is 11.8 Å². The molecule has 0 amide bonds. The van der Waals surface area contributed by atoms with Gasteiger partial charge in [0.15, 0.2) is 0 Å². The highest BCUT2D eigenvalue weighted by Crippen LogP contribution is 2.35. The van der Waals surface area contributed by atoms with Crippen LogP contribution in [0.2, 0.25) is 0 Å². The molecular weight excluding hydrogens is 214 g/mol. The van der Waals surface area contributed by atoms with Crippen LogP contribution in [-0.2, 0) is 0 Å². The monoisotopic (exact) mass is 233 g/mol. The molecule has 1 nitrogen and oxygen atoms in total. The Morgan fingerprint density at radius 3 is 3.19 bits per heavy atom. The van der Waals surface area contributed by atoms with Crippen molar-refractivity contribution in [1.29, 1.82) is 0 Å². The van der Waals surface area contributed by atoms with E-state index in [9.17, 15) is 0 Å². The van der Waals surface area contributed by atoms with E-state index in [1.165, 1.54) is 22.6 Å². The van der Waals surface area contributed by atoms with E-state index >= 15 is 0 Å². The number of nitrogens with one attached hydrogen (secondary N) is 1. The molecule has 86 valence electrons. The Hall–Kier alpha value is -0.730. The van der Waals surface area contributed by atoms with Crippen LogP contribution in [0, 0.1) is 0 Å². The van der Waals surface area contributed by atoms with Crippen molar-refractivity contribution in [3.8, 4) is 0 Å². The molecule has 0 aromatic heterocycles. The first kappa shape index (κ1) is 11.7. The molecule has 1 aromatic carbocycles. The number of thioether (sulfide) groups is 1. The summed E-state index contributed by atoms with van der Waals surface area (Å²) in [5.74, 6) is 1.23. The van der Waals surface area contributed by atoms with E-state index in [-0.39, 0.29) is 0 Å². The summed E-state index contributed by atoms with van der Waals surface area (Å²) in [7, 11) is 0. The van der Waals surface area contributed by atoms with Crippen LogP contribution in [-0.4, -0.2) is 12.3 Å². The minimum absolute atomic E-state index is 0.558. The summed E-state index contributed by atoms with van der Waals surface area (Å²) >= 11 is 1.98. The van der Waals surface area contributed by atoms with Gasteiger partial charge in [-0.25, -0.2) is 0 Å². The summed E-state index contributed by atoms with van der Waals surface area (Å²) in [5.41, 5.74) is 1.49. The first-order valence-electron chi connectivity index (χ1n) is 5.98. The zero-order valence-electron chi connectivity index (χ0n) is 9.78. The summed E-state index contributed by atoms with van der Waals surface area (Å²) in [5, 5.41) is 3.65. The maximum absolute atomic E-state index is 3.65. The molecule has 1 aliphatic rings. The SMILES string of the molecule is C/C=C/CCNC1CCSc2ccccc21. The predicted octanol–water partition coefficient (Wildman–Crippen LogP) is 3.78. The van der Waals surface area contributed by atoms with Crippen molar-refractivity contribution in [2.24, 2.45) is 0 Å². The molecule has 2 rings (SSSR count). The zero-order chi connectivity index (χ0) is 11.2. The third kappa shape index (κ3) is 2.89. The Morgan fingerprint density at radius 2 is 2.31 bits per heavy atom. The van der Waals surface area contributed by atoms with Crippen molar-refractivity contribution in [3.05, 3.63) is 42.0 Å². The molecule has 0 spiro atoms. The van der Waals surface area contributed by atoms with E-state index in [1.54, 1.807) is 0 Å². The van der Waals surface area contributed by atoms with Crippen molar-refractivity contribution in [1.82, 2.24) is 5.32 Å². The Balaban J connectivity index is 1.96. The molecular formula is C14H19NS. The van der Waals surface area contributed by atoms with Gasteiger partial charge < -0.3 is 5.32 Å². The van der Waals surface area contributed by atoms with Gasteiger partial charge in [-0.15, -0.1) is 11.8 Å². The lowest BCUT2D eigenvalue weighted by molar-refractivity contribution is 0.516. The van der Waals surface area contributed by atoms with E-state index < -0.39 is 0 Å². The van der Waals surface area contributed by atoms with Crippen LogP contribution in [0.25, 0.3) is 0 Å². The first-order chi connectivity index (χ1) is 7.92. The van der Waals surface area contributed by atoms with E-state index in [1.807, 2.05) is 11.8 Å². The van der Waals surface area contributed by atoms with Gasteiger partial charge in [0.05, 0.1) is 0 Å². The normalized spacial score (nSPS) is 19.9. The molecule has 1 unspecified atom stereocenters. The number of benzene rings is 1. The minimum atomic E-state index is 0.558. The summed E-state index contributed by atoms with van der Waals surface area (Å²) in [6.07, 6.45) is 6.71. The average molecular weight is 233 g/mol. The van der Waals surface area contributed by atoms with Crippen LogP contribution < -0.4 is 5.32 Å². The highest BCUT2D eigenvalue weighted by Gasteiger charge is 2.18. The molecule has 0 bridgehead atoms. The predicted molar refractivity (Wildman–Crippen MR) is 72.0 cm³/mol. The zero-order valence-corrected chi connectivity index (χ0v) is 10.6. The number of hydrogen-bond donors (Lipinski definition) is 1. The Kier molecular flexibility index (Phi) is 4.49. The lowest BCUT2D eigenvalue weighted by Gasteiger charge is -2.25. The van der Waals surface area contributed by atoms with Crippen LogP contribution in [0.3, 0.4) is 0 Å². The molecule has 1 atom stereocenters. The fraction of sp³-hybridized carbons (Fsp3) is 0.429. The summed E-state index contributed by atoms with van der Waals surface area (Å²) in [4.78, 5) is 1.46. The summed E-state index contributed by atoms with van der Waals surface area (Å²) in [6, 6.07) is 9.33. The molecule has 0 saturated heterocycles. The number of rotatable bonds is 4. The average Bonchev–Trinajstić information content (AvgIpc) is 2.35. The minimum Gasteiger partial charge on any atom is -0.310 e. The first-order valence-corrected chi connectivity index (χ1v) is 6.96. The third-order valence-corrected chi connectivity index (χ3v) is 4.02. The van der Waals surface area contributed by atoms with E-state index in [0.29, 0.717) is 6.04 Å². The van der Waals surface area contributed by atoms with Gasteiger partial charge >= 0.3 is 0 Å². The Bertz CT molecular complexity index is 360. The Morgan fingerprint density at radius 1 is 1.44 bits per heavy atom. The van der Waals surface area contributed by atoms with Gasteiger partial charge in [0.25, 0.3) is 0 Å². The third-order valence-electron chi connectivity index (χ3n) is 2.90. The quantitative estimate of drug-likeness (QED) is 0.627. The van der Waals surface area contributed by atoms with Crippen molar-refractivity contribution in [2.75, 3.05) is 12.3 Å². The molecule has 1 heterocycles. The van der Waals surface area contributed by atoms with Gasteiger partial charge in [0.2, 0.25) is 0 Å². The summed E-state index contributed by atoms with van der Waals surface area (Å²) in [6.45, 7) is 3.15. The number of hydrogen-bond acceptors (Lipinski definition) is 2. The number of allylic oxidation sites excluding steroid dienone is 1. The largest absolute Gasteiger partial charge is 0.310 e. The second-order valence-corrected chi connectivity index (χ2v) is 5.18.